The van der Waals surface area contributed by atoms with Crippen molar-refractivity contribution in [2.75, 3.05) is 19.0 Å². The van der Waals surface area contributed by atoms with Gasteiger partial charge in [0.05, 0.1) is 17.5 Å². The van der Waals surface area contributed by atoms with E-state index in [0.29, 0.717) is 6.61 Å². The molecule has 0 spiro atoms. The summed E-state index contributed by atoms with van der Waals surface area (Å²) in [5, 5.41) is 4.97. The van der Waals surface area contributed by atoms with E-state index in [-0.39, 0.29) is 11.9 Å². The second-order valence-corrected chi connectivity index (χ2v) is 6.13. The Labute approximate surface area is 125 Å². The first-order valence-corrected chi connectivity index (χ1v) is 8.02. The molecule has 2 rings (SSSR count). The van der Waals surface area contributed by atoms with Crippen LogP contribution in [0.2, 0.25) is 0 Å². The molecule has 1 aromatic carbocycles. The number of fused-ring (bicyclic) bond motifs is 1. The zero-order chi connectivity index (χ0) is 13.7. The van der Waals surface area contributed by atoms with E-state index in [1.165, 1.54) is 11.3 Å². The zero-order valence-corrected chi connectivity index (χ0v) is 13.1. The lowest BCUT2D eigenvalue weighted by Gasteiger charge is -2.16. The van der Waals surface area contributed by atoms with Crippen LogP contribution in [-0.4, -0.2) is 31.0 Å². The van der Waals surface area contributed by atoms with Crippen molar-refractivity contribution in [3.05, 3.63) is 35.2 Å². The molecule has 102 valence electrons. The maximum atomic E-state index is 12.2. The van der Waals surface area contributed by atoms with E-state index in [1.807, 2.05) is 30.3 Å². The predicted octanol–water partition coefficient (Wildman–Crippen LogP) is 3.43. The number of hydrogen-bond acceptors (Lipinski definition) is 3. The van der Waals surface area contributed by atoms with Gasteiger partial charge in [0.1, 0.15) is 0 Å². The molecule has 1 atom stereocenters. The fourth-order valence-electron chi connectivity index (χ4n) is 1.88. The molecule has 0 aliphatic carbocycles. The summed E-state index contributed by atoms with van der Waals surface area (Å²) in [7, 11) is 1.65. The third-order valence-corrected chi connectivity index (χ3v) is 4.38. The van der Waals surface area contributed by atoms with Crippen LogP contribution in [0, 0.1) is 0 Å². The molecular weight excluding hydrogens is 326 g/mol. The van der Waals surface area contributed by atoms with E-state index in [2.05, 4.69) is 21.2 Å². The summed E-state index contributed by atoms with van der Waals surface area (Å²) in [4.78, 5) is 12.9. The summed E-state index contributed by atoms with van der Waals surface area (Å²) in [6.07, 6.45) is 0.852. The molecule has 0 aliphatic heterocycles. The number of nitrogens with one attached hydrogen (secondary N) is 1. The van der Waals surface area contributed by atoms with E-state index < -0.39 is 0 Å². The van der Waals surface area contributed by atoms with Gasteiger partial charge < -0.3 is 10.1 Å². The lowest BCUT2D eigenvalue weighted by molar-refractivity contribution is 0.0899. The van der Waals surface area contributed by atoms with Gasteiger partial charge in [-0.2, -0.15) is 0 Å². The number of rotatable bonds is 6. The minimum atomic E-state index is -0.0239. The molecule has 1 aromatic heterocycles. The largest absolute Gasteiger partial charge is 0.383 e. The van der Waals surface area contributed by atoms with E-state index >= 15 is 0 Å². The van der Waals surface area contributed by atoms with Crippen LogP contribution in [0.25, 0.3) is 10.1 Å². The number of carbonyl (C=O) groups excluding carboxylic acids is 1. The number of benzene rings is 1. The van der Waals surface area contributed by atoms with Gasteiger partial charge in [-0.05, 0) is 23.9 Å². The molecule has 0 fully saturated rings. The number of thiophene rings is 1. The highest BCUT2D eigenvalue weighted by Gasteiger charge is 2.15. The standard InChI is InChI=1S/C14H16BrNO2S/c1-18-9-11(6-7-15)16-14(17)13-8-10-4-2-3-5-12(10)19-13/h2-5,8,11H,6-7,9H2,1H3,(H,16,17). The molecule has 0 saturated carbocycles. The molecule has 19 heavy (non-hydrogen) atoms. The van der Waals surface area contributed by atoms with Crippen molar-refractivity contribution < 1.29 is 9.53 Å². The summed E-state index contributed by atoms with van der Waals surface area (Å²) < 4.78 is 6.26. The number of ether oxygens (including phenoxy) is 1. The SMILES string of the molecule is COCC(CCBr)NC(=O)c1cc2ccccc2s1. The summed E-state index contributed by atoms with van der Waals surface area (Å²) in [6.45, 7) is 0.530. The maximum Gasteiger partial charge on any atom is 0.261 e. The third-order valence-electron chi connectivity index (χ3n) is 2.81. The number of alkyl halides is 1. The van der Waals surface area contributed by atoms with Crippen LogP contribution in [0.1, 0.15) is 16.1 Å². The van der Waals surface area contributed by atoms with Crippen LogP contribution in [0.4, 0.5) is 0 Å². The number of halogens is 1. The first kappa shape index (κ1) is 14.5. The van der Waals surface area contributed by atoms with E-state index in [1.54, 1.807) is 7.11 Å². The Bertz CT molecular complexity index is 516. The van der Waals surface area contributed by atoms with Crippen LogP contribution in [-0.2, 0) is 4.74 Å². The number of carbonyl (C=O) groups is 1. The zero-order valence-electron chi connectivity index (χ0n) is 10.7. The minimum absolute atomic E-state index is 0.0239. The monoisotopic (exact) mass is 341 g/mol. The lowest BCUT2D eigenvalue weighted by Crippen LogP contribution is -2.37. The van der Waals surface area contributed by atoms with Gasteiger partial charge in [0.2, 0.25) is 0 Å². The van der Waals surface area contributed by atoms with Crippen molar-refractivity contribution in [2.45, 2.75) is 12.5 Å². The molecule has 1 N–H and O–H groups in total. The van der Waals surface area contributed by atoms with Gasteiger partial charge in [0, 0.05) is 17.1 Å². The number of amides is 1. The Hall–Kier alpha value is -0.910. The highest BCUT2D eigenvalue weighted by molar-refractivity contribution is 9.09. The first-order valence-electron chi connectivity index (χ1n) is 6.09. The van der Waals surface area contributed by atoms with Crippen LogP contribution < -0.4 is 5.32 Å². The van der Waals surface area contributed by atoms with Crippen molar-refractivity contribution in [1.29, 1.82) is 0 Å². The van der Waals surface area contributed by atoms with Gasteiger partial charge in [0.25, 0.3) is 5.91 Å². The van der Waals surface area contributed by atoms with Crippen LogP contribution in [0.15, 0.2) is 30.3 Å². The van der Waals surface area contributed by atoms with Crippen molar-refractivity contribution >= 4 is 43.3 Å². The molecule has 3 nitrogen and oxygen atoms in total. The predicted molar refractivity (Wildman–Crippen MR) is 83.4 cm³/mol. The molecule has 0 saturated heterocycles. The minimum Gasteiger partial charge on any atom is -0.383 e. The molecule has 2 aromatic rings. The van der Waals surface area contributed by atoms with Gasteiger partial charge in [-0.1, -0.05) is 34.1 Å². The fourth-order valence-corrected chi connectivity index (χ4v) is 3.40. The highest BCUT2D eigenvalue weighted by atomic mass is 79.9. The second kappa shape index (κ2) is 7.03. The van der Waals surface area contributed by atoms with Gasteiger partial charge in [0.15, 0.2) is 0 Å². The molecule has 0 radical (unpaired) electrons. The van der Waals surface area contributed by atoms with Crippen molar-refractivity contribution in [2.24, 2.45) is 0 Å². The fraction of sp³-hybridized carbons (Fsp3) is 0.357. The lowest BCUT2D eigenvalue weighted by atomic mass is 10.2. The van der Waals surface area contributed by atoms with Crippen molar-refractivity contribution in [1.82, 2.24) is 5.32 Å². The molecular formula is C14H16BrNO2S. The Morgan fingerprint density at radius 1 is 1.47 bits per heavy atom. The van der Waals surface area contributed by atoms with Crippen LogP contribution >= 0.6 is 27.3 Å². The van der Waals surface area contributed by atoms with Crippen molar-refractivity contribution in [3.63, 3.8) is 0 Å². The summed E-state index contributed by atoms with van der Waals surface area (Å²) >= 11 is 4.91. The Morgan fingerprint density at radius 3 is 2.95 bits per heavy atom. The first-order chi connectivity index (χ1) is 9.24. The van der Waals surface area contributed by atoms with Gasteiger partial charge in [-0.25, -0.2) is 0 Å². The summed E-state index contributed by atoms with van der Waals surface area (Å²) in [5.74, 6) is -0.0239. The smallest absolute Gasteiger partial charge is 0.261 e. The highest BCUT2D eigenvalue weighted by Crippen LogP contribution is 2.25. The van der Waals surface area contributed by atoms with Gasteiger partial charge >= 0.3 is 0 Å². The Balaban J connectivity index is 2.09. The average molecular weight is 342 g/mol. The molecule has 5 heteroatoms. The van der Waals surface area contributed by atoms with Crippen molar-refractivity contribution in [3.8, 4) is 0 Å². The summed E-state index contributed by atoms with van der Waals surface area (Å²) in [5.41, 5.74) is 0. The molecule has 1 unspecified atom stereocenters. The Morgan fingerprint density at radius 2 is 2.26 bits per heavy atom. The molecule has 0 aliphatic rings. The van der Waals surface area contributed by atoms with E-state index in [0.717, 1.165) is 26.7 Å². The normalized spacial score (nSPS) is 12.5. The number of methoxy groups -OCH3 is 1. The van der Waals surface area contributed by atoms with E-state index in [4.69, 9.17) is 4.74 Å². The molecule has 1 amide bonds. The summed E-state index contributed by atoms with van der Waals surface area (Å²) in [6, 6.07) is 10.00. The van der Waals surface area contributed by atoms with Crippen LogP contribution in [0.3, 0.4) is 0 Å². The van der Waals surface area contributed by atoms with Crippen LogP contribution in [0.5, 0.6) is 0 Å². The molecule has 1 heterocycles. The quantitative estimate of drug-likeness (QED) is 0.817. The topological polar surface area (TPSA) is 38.3 Å². The third kappa shape index (κ3) is 3.78. The average Bonchev–Trinajstić information content (AvgIpc) is 2.83. The van der Waals surface area contributed by atoms with E-state index in [9.17, 15) is 4.79 Å². The maximum absolute atomic E-state index is 12.2. The Kier molecular flexibility index (Phi) is 5.36. The second-order valence-electron chi connectivity index (χ2n) is 4.25. The van der Waals surface area contributed by atoms with Gasteiger partial charge in [-0.3, -0.25) is 4.79 Å². The molecule has 0 bridgehead atoms. The number of hydrogen-bond donors (Lipinski definition) is 1. The van der Waals surface area contributed by atoms with Gasteiger partial charge in [-0.15, -0.1) is 11.3 Å².